The van der Waals surface area contributed by atoms with Crippen molar-refractivity contribution >= 4 is 39.1 Å². The number of hydrogen-bond donors (Lipinski definition) is 2. The molecule has 2 aromatic heterocycles. The van der Waals surface area contributed by atoms with Gasteiger partial charge in [-0.15, -0.1) is 0 Å². The summed E-state index contributed by atoms with van der Waals surface area (Å²) in [4.78, 5) is 19.8. The minimum absolute atomic E-state index is 0.241. The number of halogens is 1. The van der Waals surface area contributed by atoms with E-state index in [1.807, 2.05) is 34.9 Å². The summed E-state index contributed by atoms with van der Waals surface area (Å²) in [5, 5.41) is 12.4. The fourth-order valence-electron chi connectivity index (χ4n) is 2.70. The van der Waals surface area contributed by atoms with Gasteiger partial charge in [0.25, 0.3) is 0 Å². The Morgan fingerprint density at radius 1 is 1.15 bits per heavy atom. The molecule has 0 spiro atoms. The lowest BCUT2D eigenvalue weighted by molar-refractivity contribution is 0.0697. The van der Waals surface area contributed by atoms with Gasteiger partial charge in [-0.05, 0) is 36.4 Å². The van der Waals surface area contributed by atoms with Gasteiger partial charge in [-0.1, -0.05) is 28.1 Å². The predicted molar refractivity (Wildman–Crippen MR) is 103 cm³/mol. The van der Waals surface area contributed by atoms with Crippen molar-refractivity contribution in [2.45, 2.75) is 0 Å². The maximum Gasteiger partial charge on any atom is 0.335 e. The molecule has 2 heterocycles. The number of aromatic carboxylic acids is 1. The van der Waals surface area contributed by atoms with E-state index in [-0.39, 0.29) is 5.56 Å². The van der Waals surface area contributed by atoms with Gasteiger partial charge >= 0.3 is 5.97 Å². The SMILES string of the molecule is O=C(O)c1ccc(Nc2c(-c3cccc(Br)c3)nc3cnccn23)cc1. The molecule has 0 radical (unpaired) electrons. The lowest BCUT2D eigenvalue weighted by Crippen LogP contribution is -1.99. The van der Waals surface area contributed by atoms with Crippen molar-refractivity contribution in [2.75, 3.05) is 5.32 Å². The normalized spacial score (nSPS) is 10.8. The lowest BCUT2D eigenvalue weighted by atomic mass is 10.1. The van der Waals surface area contributed by atoms with Crippen LogP contribution in [0.15, 0.2) is 71.6 Å². The molecule has 0 saturated carbocycles. The average molecular weight is 409 g/mol. The zero-order chi connectivity index (χ0) is 18.1. The molecule has 0 saturated heterocycles. The van der Waals surface area contributed by atoms with Gasteiger partial charge in [0.2, 0.25) is 0 Å². The lowest BCUT2D eigenvalue weighted by Gasteiger charge is -2.09. The first-order valence-electron chi connectivity index (χ1n) is 7.80. The summed E-state index contributed by atoms with van der Waals surface area (Å²) < 4.78 is 2.87. The standard InChI is InChI=1S/C19H13BrN4O2/c20-14-3-1-2-13(10-14)17-18(24-9-8-21-11-16(24)23-17)22-15-6-4-12(5-7-15)19(25)26/h1-11,22H,(H,25,26). The summed E-state index contributed by atoms with van der Waals surface area (Å²) in [5.74, 6) is -0.171. The van der Waals surface area contributed by atoms with E-state index in [0.717, 1.165) is 27.2 Å². The van der Waals surface area contributed by atoms with Crippen LogP contribution < -0.4 is 5.32 Å². The van der Waals surface area contributed by atoms with Crippen LogP contribution in [0.2, 0.25) is 0 Å². The van der Waals surface area contributed by atoms with Crippen LogP contribution in [0, 0.1) is 0 Å². The van der Waals surface area contributed by atoms with Crippen molar-refractivity contribution in [1.82, 2.24) is 14.4 Å². The molecule has 2 aromatic carbocycles. The van der Waals surface area contributed by atoms with E-state index in [9.17, 15) is 4.79 Å². The molecule has 0 aliphatic carbocycles. The fraction of sp³-hybridized carbons (Fsp3) is 0. The summed E-state index contributed by atoms with van der Waals surface area (Å²) in [5.41, 5.74) is 3.46. The number of benzene rings is 2. The van der Waals surface area contributed by atoms with Crippen LogP contribution in [0.25, 0.3) is 16.9 Å². The Hall–Kier alpha value is -3.19. The van der Waals surface area contributed by atoms with Crippen molar-refractivity contribution in [3.8, 4) is 11.3 Å². The molecule has 128 valence electrons. The van der Waals surface area contributed by atoms with Crippen LogP contribution in [0.3, 0.4) is 0 Å². The van der Waals surface area contributed by atoms with Crippen LogP contribution >= 0.6 is 15.9 Å². The number of carbonyl (C=O) groups is 1. The van der Waals surface area contributed by atoms with Crippen LogP contribution in [0.1, 0.15) is 10.4 Å². The smallest absolute Gasteiger partial charge is 0.335 e. The number of hydrogen-bond acceptors (Lipinski definition) is 4. The Balaban J connectivity index is 1.82. The highest BCUT2D eigenvalue weighted by molar-refractivity contribution is 9.10. The number of nitrogens with zero attached hydrogens (tertiary/aromatic N) is 3. The van der Waals surface area contributed by atoms with Gasteiger partial charge in [0.1, 0.15) is 11.5 Å². The Kier molecular flexibility index (Phi) is 4.14. The average Bonchev–Trinajstić information content (AvgIpc) is 3.01. The molecule has 0 unspecified atom stereocenters. The number of nitrogens with one attached hydrogen (secondary N) is 1. The molecule has 0 fully saturated rings. The third-order valence-corrected chi connectivity index (χ3v) is 4.42. The fourth-order valence-corrected chi connectivity index (χ4v) is 3.10. The van der Waals surface area contributed by atoms with E-state index in [1.54, 1.807) is 36.7 Å². The minimum atomic E-state index is -0.952. The molecule has 0 aliphatic heterocycles. The highest BCUT2D eigenvalue weighted by Crippen LogP contribution is 2.32. The predicted octanol–water partition coefficient (Wildman–Crippen LogP) is 4.60. The molecule has 0 amide bonds. The molecule has 0 atom stereocenters. The van der Waals surface area contributed by atoms with E-state index in [1.165, 1.54) is 0 Å². The second-order valence-corrected chi connectivity index (χ2v) is 6.55. The molecule has 2 N–H and O–H groups in total. The number of fused-ring (bicyclic) bond motifs is 1. The quantitative estimate of drug-likeness (QED) is 0.515. The van der Waals surface area contributed by atoms with Crippen molar-refractivity contribution < 1.29 is 9.90 Å². The first kappa shape index (κ1) is 16.3. The van der Waals surface area contributed by atoms with Crippen LogP contribution in [0.5, 0.6) is 0 Å². The topological polar surface area (TPSA) is 79.5 Å². The number of anilines is 2. The third-order valence-electron chi connectivity index (χ3n) is 3.92. The molecule has 6 nitrogen and oxygen atoms in total. The number of aromatic nitrogens is 3. The third kappa shape index (κ3) is 3.04. The molecular formula is C19H13BrN4O2. The van der Waals surface area contributed by atoms with E-state index in [0.29, 0.717) is 5.65 Å². The Morgan fingerprint density at radius 2 is 1.96 bits per heavy atom. The molecule has 4 rings (SSSR count). The largest absolute Gasteiger partial charge is 0.478 e. The minimum Gasteiger partial charge on any atom is -0.478 e. The van der Waals surface area contributed by atoms with Crippen molar-refractivity contribution in [2.24, 2.45) is 0 Å². The van der Waals surface area contributed by atoms with E-state index in [2.05, 4.69) is 31.2 Å². The second-order valence-electron chi connectivity index (χ2n) is 5.63. The highest BCUT2D eigenvalue weighted by atomic mass is 79.9. The monoisotopic (exact) mass is 408 g/mol. The first-order valence-corrected chi connectivity index (χ1v) is 8.59. The van der Waals surface area contributed by atoms with E-state index >= 15 is 0 Å². The second kappa shape index (κ2) is 6.61. The molecule has 26 heavy (non-hydrogen) atoms. The van der Waals surface area contributed by atoms with Crippen molar-refractivity contribution in [3.63, 3.8) is 0 Å². The number of carboxylic acids is 1. The van der Waals surface area contributed by atoms with Gasteiger partial charge in [0.05, 0.1) is 11.8 Å². The summed E-state index contributed by atoms with van der Waals surface area (Å²) in [6, 6.07) is 14.5. The number of rotatable bonds is 4. The Morgan fingerprint density at radius 3 is 2.69 bits per heavy atom. The van der Waals surface area contributed by atoms with Crippen molar-refractivity contribution in [3.05, 3.63) is 77.2 Å². The van der Waals surface area contributed by atoms with Gasteiger partial charge in [0.15, 0.2) is 5.65 Å². The summed E-state index contributed by atoms with van der Waals surface area (Å²) in [7, 11) is 0. The summed E-state index contributed by atoms with van der Waals surface area (Å²) in [6.45, 7) is 0. The van der Waals surface area contributed by atoms with E-state index < -0.39 is 5.97 Å². The molecular weight excluding hydrogens is 396 g/mol. The molecule has 4 aromatic rings. The van der Waals surface area contributed by atoms with Crippen molar-refractivity contribution in [1.29, 1.82) is 0 Å². The first-order chi connectivity index (χ1) is 12.6. The Bertz CT molecular complexity index is 1110. The van der Waals surface area contributed by atoms with Gasteiger partial charge in [0, 0.05) is 28.1 Å². The summed E-state index contributed by atoms with van der Waals surface area (Å²) >= 11 is 3.49. The molecule has 0 bridgehead atoms. The van der Waals surface area contributed by atoms with Gasteiger partial charge in [-0.3, -0.25) is 9.38 Å². The Labute approximate surface area is 157 Å². The van der Waals surface area contributed by atoms with E-state index in [4.69, 9.17) is 5.11 Å². The van der Waals surface area contributed by atoms with Gasteiger partial charge in [-0.2, -0.15) is 0 Å². The molecule has 0 aliphatic rings. The van der Waals surface area contributed by atoms with Crippen LogP contribution in [0.4, 0.5) is 11.5 Å². The van der Waals surface area contributed by atoms with Gasteiger partial charge in [-0.25, -0.2) is 9.78 Å². The molecule has 7 heteroatoms. The number of carboxylic acid groups (broad SMARTS) is 1. The van der Waals surface area contributed by atoms with Gasteiger partial charge < -0.3 is 10.4 Å². The zero-order valence-electron chi connectivity index (χ0n) is 13.4. The zero-order valence-corrected chi connectivity index (χ0v) is 15.0. The number of imidazole rings is 1. The summed E-state index contributed by atoms with van der Waals surface area (Å²) in [6.07, 6.45) is 5.22. The maximum atomic E-state index is 11.0. The maximum absolute atomic E-state index is 11.0. The van der Waals surface area contributed by atoms with Crippen LogP contribution in [-0.4, -0.2) is 25.4 Å². The highest BCUT2D eigenvalue weighted by Gasteiger charge is 2.15. The van der Waals surface area contributed by atoms with Crippen LogP contribution in [-0.2, 0) is 0 Å².